The summed E-state index contributed by atoms with van der Waals surface area (Å²) in [4.78, 5) is 9.61. The predicted octanol–water partition coefficient (Wildman–Crippen LogP) is 4.63. The van der Waals surface area contributed by atoms with E-state index in [1.54, 1.807) is 17.7 Å². The molecule has 0 aliphatic heterocycles. The van der Waals surface area contributed by atoms with Gasteiger partial charge in [-0.25, -0.2) is 9.97 Å². The van der Waals surface area contributed by atoms with Gasteiger partial charge in [-0.3, -0.25) is 0 Å². The number of nitrogens with zero attached hydrogens (tertiary/aromatic N) is 2. The predicted molar refractivity (Wildman–Crippen MR) is 83.6 cm³/mol. The Kier molecular flexibility index (Phi) is 3.48. The summed E-state index contributed by atoms with van der Waals surface area (Å²) in [6, 6.07) is 10.5. The van der Waals surface area contributed by atoms with Crippen molar-refractivity contribution in [2.75, 3.05) is 5.32 Å². The molecule has 1 N–H and O–H groups in total. The minimum absolute atomic E-state index is 0.190. The van der Waals surface area contributed by atoms with Gasteiger partial charge in [0.2, 0.25) is 0 Å². The van der Waals surface area contributed by atoms with Crippen molar-refractivity contribution >= 4 is 43.3 Å². The molecule has 0 amide bonds. The highest BCUT2D eigenvalue weighted by Crippen LogP contribution is 2.27. The Bertz CT molecular complexity index is 710. The van der Waals surface area contributed by atoms with E-state index in [-0.39, 0.29) is 6.04 Å². The fourth-order valence-electron chi connectivity index (χ4n) is 1.97. The van der Waals surface area contributed by atoms with Gasteiger partial charge in [-0.1, -0.05) is 28.1 Å². The zero-order chi connectivity index (χ0) is 13.2. The first-order chi connectivity index (χ1) is 9.24. The van der Waals surface area contributed by atoms with Crippen LogP contribution < -0.4 is 5.32 Å². The number of hydrogen-bond acceptors (Lipinski definition) is 4. The van der Waals surface area contributed by atoms with E-state index >= 15 is 0 Å². The number of thiophene rings is 1. The van der Waals surface area contributed by atoms with Crippen molar-refractivity contribution < 1.29 is 0 Å². The third kappa shape index (κ3) is 2.62. The molecule has 2 heterocycles. The van der Waals surface area contributed by atoms with Crippen LogP contribution in [0.5, 0.6) is 0 Å². The maximum Gasteiger partial charge on any atom is 0.138 e. The van der Waals surface area contributed by atoms with Crippen LogP contribution in [0, 0.1) is 0 Å². The molecule has 0 aliphatic carbocycles. The molecule has 0 spiro atoms. The fourth-order valence-corrected chi connectivity index (χ4v) is 3.12. The van der Waals surface area contributed by atoms with Gasteiger partial charge in [0.05, 0.1) is 11.4 Å². The van der Waals surface area contributed by atoms with Gasteiger partial charge in [0.25, 0.3) is 0 Å². The summed E-state index contributed by atoms with van der Waals surface area (Å²) >= 11 is 5.13. The van der Waals surface area contributed by atoms with Crippen LogP contribution in [0.2, 0.25) is 0 Å². The number of aromatic nitrogens is 2. The Morgan fingerprint density at radius 1 is 1.26 bits per heavy atom. The van der Waals surface area contributed by atoms with Crippen LogP contribution in [0.4, 0.5) is 5.82 Å². The highest BCUT2D eigenvalue weighted by atomic mass is 79.9. The molecule has 3 rings (SSSR count). The van der Waals surface area contributed by atoms with E-state index < -0.39 is 0 Å². The zero-order valence-electron chi connectivity index (χ0n) is 10.3. The summed E-state index contributed by atoms with van der Waals surface area (Å²) in [5.41, 5.74) is 1.22. The molecule has 0 radical (unpaired) electrons. The van der Waals surface area contributed by atoms with Crippen molar-refractivity contribution in [1.82, 2.24) is 9.97 Å². The van der Waals surface area contributed by atoms with Crippen molar-refractivity contribution in [3.63, 3.8) is 0 Å². The van der Waals surface area contributed by atoms with Gasteiger partial charge >= 0.3 is 0 Å². The third-order valence-electron chi connectivity index (χ3n) is 2.96. The van der Waals surface area contributed by atoms with Crippen LogP contribution in [0.25, 0.3) is 10.2 Å². The van der Waals surface area contributed by atoms with E-state index in [4.69, 9.17) is 0 Å². The normalized spacial score (nSPS) is 12.5. The van der Waals surface area contributed by atoms with Gasteiger partial charge in [-0.05, 0) is 36.1 Å². The number of benzene rings is 1. The first-order valence-electron chi connectivity index (χ1n) is 5.94. The minimum Gasteiger partial charge on any atom is -0.363 e. The van der Waals surface area contributed by atoms with Crippen LogP contribution in [0.15, 0.2) is 46.5 Å². The number of fused-ring (bicyclic) bond motifs is 1. The third-order valence-corrected chi connectivity index (χ3v) is 4.28. The molecular weight excluding hydrogens is 322 g/mol. The quantitative estimate of drug-likeness (QED) is 0.759. The Labute approximate surface area is 123 Å². The molecule has 96 valence electrons. The Morgan fingerprint density at radius 2 is 2.16 bits per heavy atom. The van der Waals surface area contributed by atoms with E-state index in [1.807, 2.05) is 17.5 Å². The number of rotatable bonds is 3. The Morgan fingerprint density at radius 3 is 3.00 bits per heavy atom. The SMILES string of the molecule is CC(Nc1ncnc2sccc12)c1cccc(Br)c1. The summed E-state index contributed by atoms with van der Waals surface area (Å²) in [5, 5.41) is 6.56. The summed E-state index contributed by atoms with van der Waals surface area (Å²) in [5.74, 6) is 0.888. The van der Waals surface area contributed by atoms with Gasteiger partial charge in [0.1, 0.15) is 17.0 Å². The van der Waals surface area contributed by atoms with Crippen LogP contribution >= 0.6 is 27.3 Å². The second-order valence-electron chi connectivity index (χ2n) is 4.28. The molecule has 1 atom stereocenters. The second kappa shape index (κ2) is 5.27. The Balaban J connectivity index is 1.90. The van der Waals surface area contributed by atoms with Gasteiger partial charge in [-0.2, -0.15) is 0 Å². The van der Waals surface area contributed by atoms with Crippen LogP contribution in [0.3, 0.4) is 0 Å². The molecule has 5 heteroatoms. The van der Waals surface area contributed by atoms with Crippen LogP contribution in [0.1, 0.15) is 18.5 Å². The maximum absolute atomic E-state index is 4.34. The van der Waals surface area contributed by atoms with Crippen molar-refractivity contribution in [2.24, 2.45) is 0 Å². The highest BCUT2D eigenvalue weighted by molar-refractivity contribution is 9.10. The standard InChI is InChI=1S/C14H12BrN3S/c1-9(10-3-2-4-11(15)7-10)18-13-12-5-6-19-14(12)17-8-16-13/h2-9H,1H3,(H,16,17,18). The lowest BCUT2D eigenvalue weighted by molar-refractivity contribution is 0.875. The van der Waals surface area contributed by atoms with Crippen molar-refractivity contribution in [1.29, 1.82) is 0 Å². The van der Waals surface area contributed by atoms with Crippen molar-refractivity contribution in [3.8, 4) is 0 Å². The Hall–Kier alpha value is -1.46. The topological polar surface area (TPSA) is 37.8 Å². The smallest absolute Gasteiger partial charge is 0.138 e. The average molecular weight is 334 g/mol. The molecule has 0 fully saturated rings. The average Bonchev–Trinajstić information content (AvgIpc) is 2.88. The zero-order valence-corrected chi connectivity index (χ0v) is 12.7. The molecule has 2 aromatic heterocycles. The molecule has 0 aliphatic rings. The lowest BCUT2D eigenvalue weighted by atomic mass is 10.1. The van der Waals surface area contributed by atoms with Gasteiger partial charge in [0.15, 0.2) is 0 Å². The van der Waals surface area contributed by atoms with Crippen LogP contribution in [-0.4, -0.2) is 9.97 Å². The summed E-state index contributed by atoms with van der Waals surface area (Å²) in [6.45, 7) is 2.13. The number of anilines is 1. The second-order valence-corrected chi connectivity index (χ2v) is 6.09. The van der Waals surface area contributed by atoms with Crippen molar-refractivity contribution in [2.45, 2.75) is 13.0 Å². The first-order valence-corrected chi connectivity index (χ1v) is 7.61. The molecule has 0 saturated carbocycles. The molecule has 1 unspecified atom stereocenters. The van der Waals surface area contributed by atoms with Crippen molar-refractivity contribution in [3.05, 3.63) is 52.1 Å². The lowest BCUT2D eigenvalue weighted by Crippen LogP contribution is -2.08. The van der Waals surface area contributed by atoms with Crippen LogP contribution in [-0.2, 0) is 0 Å². The highest BCUT2D eigenvalue weighted by Gasteiger charge is 2.10. The lowest BCUT2D eigenvalue weighted by Gasteiger charge is -2.15. The molecule has 0 saturated heterocycles. The van der Waals surface area contributed by atoms with Gasteiger partial charge in [-0.15, -0.1) is 11.3 Å². The van der Waals surface area contributed by atoms with E-state index in [2.05, 4.69) is 56.3 Å². The molecule has 3 aromatic rings. The fraction of sp³-hybridized carbons (Fsp3) is 0.143. The van der Waals surface area contributed by atoms with Gasteiger partial charge in [0, 0.05) is 4.47 Å². The summed E-state index contributed by atoms with van der Waals surface area (Å²) < 4.78 is 1.09. The molecule has 1 aromatic carbocycles. The largest absolute Gasteiger partial charge is 0.363 e. The molecule has 0 bridgehead atoms. The molecular formula is C14H12BrN3S. The number of nitrogens with one attached hydrogen (secondary N) is 1. The van der Waals surface area contributed by atoms with E-state index in [1.165, 1.54) is 5.56 Å². The first kappa shape index (κ1) is 12.6. The minimum atomic E-state index is 0.190. The number of hydrogen-bond donors (Lipinski definition) is 1. The molecule has 19 heavy (non-hydrogen) atoms. The van der Waals surface area contributed by atoms with E-state index in [0.29, 0.717) is 0 Å². The van der Waals surface area contributed by atoms with E-state index in [0.717, 1.165) is 20.5 Å². The maximum atomic E-state index is 4.34. The van der Waals surface area contributed by atoms with Gasteiger partial charge < -0.3 is 5.32 Å². The van der Waals surface area contributed by atoms with E-state index in [9.17, 15) is 0 Å². The summed E-state index contributed by atoms with van der Waals surface area (Å²) in [7, 11) is 0. The molecule has 3 nitrogen and oxygen atoms in total. The monoisotopic (exact) mass is 333 g/mol. The summed E-state index contributed by atoms with van der Waals surface area (Å²) in [6.07, 6.45) is 1.61. The number of halogens is 1.